The molecule has 0 saturated heterocycles. The highest BCUT2D eigenvalue weighted by Gasteiger charge is 2.06. The summed E-state index contributed by atoms with van der Waals surface area (Å²) < 4.78 is 0. The van der Waals surface area contributed by atoms with Gasteiger partial charge in [0.05, 0.1) is 0 Å². The van der Waals surface area contributed by atoms with Gasteiger partial charge in [0, 0.05) is 16.7 Å². The van der Waals surface area contributed by atoms with Crippen LogP contribution in [-0.4, -0.2) is 11.8 Å². The lowest BCUT2D eigenvalue weighted by Gasteiger charge is -2.12. The van der Waals surface area contributed by atoms with Gasteiger partial charge in [-0.3, -0.25) is 0 Å². The second-order valence-corrected chi connectivity index (χ2v) is 6.68. The summed E-state index contributed by atoms with van der Waals surface area (Å²) >= 11 is 1.84. The molecule has 106 valence electrons. The van der Waals surface area contributed by atoms with Crippen LogP contribution >= 0.6 is 11.8 Å². The number of hydrogen-bond donors (Lipinski definition) is 1. The van der Waals surface area contributed by atoms with Crippen molar-refractivity contribution < 1.29 is 0 Å². The molecular formula is C18H23NS. The zero-order valence-electron chi connectivity index (χ0n) is 12.5. The third-order valence-electron chi connectivity index (χ3n) is 3.26. The molecule has 20 heavy (non-hydrogen) atoms. The number of hydrogen-bond acceptors (Lipinski definition) is 2. The first-order valence-corrected chi connectivity index (χ1v) is 8.04. The largest absolute Gasteiger partial charge is 0.327 e. The van der Waals surface area contributed by atoms with Crippen molar-refractivity contribution in [3.8, 4) is 0 Å². The number of thioether (sulfide) groups is 1. The van der Waals surface area contributed by atoms with Crippen LogP contribution in [0.1, 0.15) is 22.3 Å². The molecule has 2 heteroatoms. The predicted octanol–water partition coefficient (Wildman–Crippen LogP) is 4.27. The molecule has 0 amide bonds. The maximum absolute atomic E-state index is 6.26. The summed E-state index contributed by atoms with van der Waals surface area (Å²) in [6.07, 6.45) is 0.946. The number of nitrogens with two attached hydrogens (primary N) is 1. The van der Waals surface area contributed by atoms with Crippen LogP contribution in [0, 0.1) is 20.8 Å². The van der Waals surface area contributed by atoms with Crippen molar-refractivity contribution in [2.24, 2.45) is 5.73 Å². The molecule has 1 atom stereocenters. The van der Waals surface area contributed by atoms with Gasteiger partial charge in [-0.1, -0.05) is 47.0 Å². The van der Waals surface area contributed by atoms with Crippen LogP contribution in [0.2, 0.25) is 0 Å². The Bertz CT molecular complexity index is 540. The molecule has 2 rings (SSSR count). The van der Waals surface area contributed by atoms with E-state index in [9.17, 15) is 0 Å². The lowest BCUT2D eigenvalue weighted by Crippen LogP contribution is -2.25. The van der Waals surface area contributed by atoms with E-state index in [-0.39, 0.29) is 6.04 Å². The Morgan fingerprint density at radius 2 is 1.50 bits per heavy atom. The van der Waals surface area contributed by atoms with E-state index in [4.69, 9.17) is 5.73 Å². The van der Waals surface area contributed by atoms with Crippen molar-refractivity contribution in [3.63, 3.8) is 0 Å². The summed E-state index contributed by atoms with van der Waals surface area (Å²) in [5, 5.41) is 0. The van der Waals surface area contributed by atoms with E-state index in [0.29, 0.717) is 0 Å². The van der Waals surface area contributed by atoms with Gasteiger partial charge < -0.3 is 5.73 Å². The fourth-order valence-corrected chi connectivity index (χ4v) is 3.24. The molecule has 0 aliphatic heterocycles. The Morgan fingerprint density at radius 3 is 2.10 bits per heavy atom. The molecule has 0 fully saturated rings. The molecule has 0 aliphatic rings. The smallest absolute Gasteiger partial charge is 0.0174 e. The Morgan fingerprint density at radius 1 is 0.900 bits per heavy atom. The van der Waals surface area contributed by atoms with Crippen LogP contribution in [0.4, 0.5) is 0 Å². The molecular weight excluding hydrogens is 262 g/mol. The highest BCUT2D eigenvalue weighted by molar-refractivity contribution is 7.99. The maximum atomic E-state index is 6.26. The SMILES string of the molecule is Cc1ccc(SCC(N)Cc2cc(C)cc(C)c2)cc1. The molecule has 0 bridgehead atoms. The fourth-order valence-electron chi connectivity index (χ4n) is 2.39. The molecule has 0 aromatic heterocycles. The summed E-state index contributed by atoms with van der Waals surface area (Å²) in [6.45, 7) is 6.40. The van der Waals surface area contributed by atoms with Gasteiger partial charge in [0.15, 0.2) is 0 Å². The maximum Gasteiger partial charge on any atom is 0.0174 e. The molecule has 0 spiro atoms. The van der Waals surface area contributed by atoms with E-state index in [1.807, 2.05) is 11.8 Å². The van der Waals surface area contributed by atoms with Gasteiger partial charge in [0.1, 0.15) is 0 Å². The quantitative estimate of drug-likeness (QED) is 0.830. The van der Waals surface area contributed by atoms with Crippen LogP contribution in [0.5, 0.6) is 0 Å². The minimum absolute atomic E-state index is 0.197. The minimum atomic E-state index is 0.197. The van der Waals surface area contributed by atoms with E-state index in [1.54, 1.807) is 0 Å². The fraction of sp³-hybridized carbons (Fsp3) is 0.333. The van der Waals surface area contributed by atoms with Gasteiger partial charge >= 0.3 is 0 Å². The molecule has 0 aliphatic carbocycles. The van der Waals surface area contributed by atoms with Crippen molar-refractivity contribution in [3.05, 3.63) is 64.7 Å². The standard InChI is InChI=1S/C18H23NS/c1-13-4-6-18(7-5-13)20-12-17(19)11-16-9-14(2)8-15(3)10-16/h4-10,17H,11-12,19H2,1-3H3. The van der Waals surface area contributed by atoms with Crippen LogP contribution in [0.25, 0.3) is 0 Å². The normalized spacial score (nSPS) is 12.4. The molecule has 0 heterocycles. The van der Waals surface area contributed by atoms with Crippen molar-refractivity contribution in [2.45, 2.75) is 38.1 Å². The highest BCUT2D eigenvalue weighted by atomic mass is 32.2. The predicted molar refractivity (Wildman–Crippen MR) is 89.5 cm³/mol. The molecule has 0 radical (unpaired) electrons. The zero-order chi connectivity index (χ0) is 14.5. The topological polar surface area (TPSA) is 26.0 Å². The first-order valence-electron chi connectivity index (χ1n) is 7.05. The van der Waals surface area contributed by atoms with Crippen LogP contribution in [-0.2, 0) is 6.42 Å². The van der Waals surface area contributed by atoms with Crippen molar-refractivity contribution >= 4 is 11.8 Å². The van der Waals surface area contributed by atoms with Crippen LogP contribution in [0.15, 0.2) is 47.4 Å². The van der Waals surface area contributed by atoms with Gasteiger partial charge in [-0.15, -0.1) is 11.8 Å². The number of benzene rings is 2. The van der Waals surface area contributed by atoms with Crippen molar-refractivity contribution in [1.29, 1.82) is 0 Å². The Kier molecular flexibility index (Phi) is 5.27. The van der Waals surface area contributed by atoms with E-state index >= 15 is 0 Å². The molecule has 1 nitrogen and oxygen atoms in total. The Hall–Kier alpha value is -1.25. The average molecular weight is 285 g/mol. The Balaban J connectivity index is 1.88. The van der Waals surface area contributed by atoms with E-state index < -0.39 is 0 Å². The molecule has 2 aromatic rings. The summed E-state index contributed by atoms with van der Waals surface area (Å²) in [4.78, 5) is 1.30. The number of rotatable bonds is 5. The van der Waals surface area contributed by atoms with Crippen LogP contribution < -0.4 is 5.73 Å². The average Bonchev–Trinajstić information content (AvgIpc) is 2.37. The number of aryl methyl sites for hydroxylation is 3. The lowest BCUT2D eigenvalue weighted by molar-refractivity contribution is 0.747. The second kappa shape index (κ2) is 6.96. The van der Waals surface area contributed by atoms with E-state index in [2.05, 4.69) is 63.2 Å². The second-order valence-electron chi connectivity index (χ2n) is 5.58. The van der Waals surface area contributed by atoms with Crippen molar-refractivity contribution in [2.75, 3.05) is 5.75 Å². The summed E-state index contributed by atoms with van der Waals surface area (Å²) in [6, 6.07) is 15.5. The third kappa shape index (κ3) is 4.69. The van der Waals surface area contributed by atoms with Gasteiger partial charge in [0.2, 0.25) is 0 Å². The summed E-state index contributed by atoms with van der Waals surface area (Å²) in [5.74, 6) is 0.954. The molecule has 0 saturated carbocycles. The van der Waals surface area contributed by atoms with Crippen LogP contribution in [0.3, 0.4) is 0 Å². The van der Waals surface area contributed by atoms with Gasteiger partial charge in [0.25, 0.3) is 0 Å². The minimum Gasteiger partial charge on any atom is -0.327 e. The van der Waals surface area contributed by atoms with E-state index in [0.717, 1.165) is 12.2 Å². The first-order chi connectivity index (χ1) is 9.52. The molecule has 1 unspecified atom stereocenters. The summed E-state index contributed by atoms with van der Waals surface area (Å²) in [5.41, 5.74) is 11.5. The van der Waals surface area contributed by atoms with Gasteiger partial charge in [-0.05, 0) is 44.9 Å². The third-order valence-corrected chi connectivity index (χ3v) is 4.46. The zero-order valence-corrected chi connectivity index (χ0v) is 13.3. The van der Waals surface area contributed by atoms with Gasteiger partial charge in [-0.2, -0.15) is 0 Å². The Labute approximate surface area is 126 Å². The highest BCUT2D eigenvalue weighted by Crippen LogP contribution is 2.20. The molecule has 2 N–H and O–H groups in total. The summed E-state index contributed by atoms with van der Waals surface area (Å²) in [7, 11) is 0. The van der Waals surface area contributed by atoms with Crippen molar-refractivity contribution in [1.82, 2.24) is 0 Å². The van der Waals surface area contributed by atoms with E-state index in [1.165, 1.54) is 27.1 Å². The first kappa shape index (κ1) is 15.1. The molecule has 2 aromatic carbocycles. The lowest BCUT2D eigenvalue weighted by atomic mass is 10.0. The van der Waals surface area contributed by atoms with Gasteiger partial charge in [-0.25, -0.2) is 0 Å². The monoisotopic (exact) mass is 285 g/mol.